The van der Waals surface area contributed by atoms with E-state index >= 15 is 0 Å². The van der Waals surface area contributed by atoms with Gasteiger partial charge in [0.25, 0.3) is 0 Å². The predicted molar refractivity (Wildman–Crippen MR) is 50.3 cm³/mol. The summed E-state index contributed by atoms with van der Waals surface area (Å²) in [5, 5.41) is 2.79. The average Bonchev–Trinajstić information content (AvgIpc) is 2.85. The summed E-state index contributed by atoms with van der Waals surface area (Å²) >= 11 is 0. The third-order valence-electron chi connectivity index (χ3n) is 2.09. The van der Waals surface area contributed by atoms with E-state index in [4.69, 9.17) is 0 Å². The first-order valence-corrected chi connectivity index (χ1v) is 4.50. The van der Waals surface area contributed by atoms with Crippen LogP contribution in [-0.2, 0) is 4.79 Å². The van der Waals surface area contributed by atoms with E-state index in [-0.39, 0.29) is 11.8 Å². The Hall–Kier alpha value is -1.38. The number of hydrogen-bond donors (Lipinski definition) is 1. The molecule has 0 aromatic carbocycles. The number of amides is 1. The Morgan fingerprint density at radius 2 is 2.31 bits per heavy atom. The van der Waals surface area contributed by atoms with Gasteiger partial charge in [0.1, 0.15) is 5.82 Å². The summed E-state index contributed by atoms with van der Waals surface area (Å²) in [6, 6.07) is 5.62. The highest BCUT2D eigenvalue weighted by Crippen LogP contribution is 2.29. The number of pyridine rings is 1. The van der Waals surface area contributed by atoms with Gasteiger partial charge in [0.2, 0.25) is 5.91 Å². The van der Waals surface area contributed by atoms with Gasteiger partial charge in [0.05, 0.1) is 0 Å². The smallest absolute Gasteiger partial charge is 0.228 e. The van der Waals surface area contributed by atoms with Crippen molar-refractivity contribution in [2.45, 2.75) is 19.8 Å². The second-order valence-corrected chi connectivity index (χ2v) is 3.43. The van der Waals surface area contributed by atoms with E-state index in [1.54, 1.807) is 0 Å². The highest BCUT2D eigenvalue weighted by atomic mass is 16.2. The maximum atomic E-state index is 11.3. The van der Waals surface area contributed by atoms with Gasteiger partial charge in [-0.1, -0.05) is 6.07 Å². The fraction of sp³-hybridized carbons (Fsp3) is 0.400. The van der Waals surface area contributed by atoms with Crippen molar-refractivity contribution in [3.63, 3.8) is 0 Å². The third kappa shape index (κ3) is 2.05. The first-order valence-electron chi connectivity index (χ1n) is 4.50. The zero-order valence-corrected chi connectivity index (χ0v) is 7.58. The number of hydrogen-bond acceptors (Lipinski definition) is 2. The molecule has 1 aliphatic rings. The van der Waals surface area contributed by atoms with Crippen LogP contribution in [0.2, 0.25) is 0 Å². The molecule has 0 spiro atoms. The number of rotatable bonds is 2. The number of aromatic nitrogens is 1. The normalized spacial score (nSPS) is 15.5. The van der Waals surface area contributed by atoms with Crippen molar-refractivity contribution in [2.75, 3.05) is 5.32 Å². The molecule has 1 aliphatic carbocycles. The van der Waals surface area contributed by atoms with E-state index in [0.29, 0.717) is 5.82 Å². The van der Waals surface area contributed by atoms with Crippen LogP contribution in [0.4, 0.5) is 5.82 Å². The number of anilines is 1. The van der Waals surface area contributed by atoms with Crippen molar-refractivity contribution in [3.8, 4) is 0 Å². The van der Waals surface area contributed by atoms with Gasteiger partial charge in [0, 0.05) is 11.6 Å². The molecule has 3 nitrogen and oxygen atoms in total. The Kier molecular flexibility index (Phi) is 2.00. The van der Waals surface area contributed by atoms with Crippen molar-refractivity contribution < 1.29 is 4.79 Å². The van der Waals surface area contributed by atoms with Gasteiger partial charge in [0.15, 0.2) is 0 Å². The number of carbonyl (C=O) groups is 1. The second-order valence-electron chi connectivity index (χ2n) is 3.43. The third-order valence-corrected chi connectivity index (χ3v) is 2.09. The van der Waals surface area contributed by atoms with E-state index in [0.717, 1.165) is 18.5 Å². The van der Waals surface area contributed by atoms with Crippen LogP contribution in [0.15, 0.2) is 18.2 Å². The fourth-order valence-corrected chi connectivity index (χ4v) is 1.19. The highest BCUT2D eigenvalue weighted by Gasteiger charge is 2.29. The van der Waals surface area contributed by atoms with Gasteiger partial charge in [-0.2, -0.15) is 0 Å². The fourth-order valence-electron chi connectivity index (χ4n) is 1.19. The summed E-state index contributed by atoms with van der Waals surface area (Å²) in [7, 11) is 0. The van der Waals surface area contributed by atoms with Crippen molar-refractivity contribution in [1.82, 2.24) is 4.98 Å². The van der Waals surface area contributed by atoms with Crippen molar-refractivity contribution >= 4 is 11.7 Å². The summed E-state index contributed by atoms with van der Waals surface area (Å²) < 4.78 is 0. The Morgan fingerprint density at radius 1 is 1.54 bits per heavy atom. The van der Waals surface area contributed by atoms with Crippen LogP contribution in [0.3, 0.4) is 0 Å². The topological polar surface area (TPSA) is 42.0 Å². The van der Waals surface area contributed by atoms with E-state index in [2.05, 4.69) is 10.3 Å². The Balaban J connectivity index is 2.04. The van der Waals surface area contributed by atoms with Gasteiger partial charge in [-0.3, -0.25) is 4.79 Å². The lowest BCUT2D eigenvalue weighted by atomic mass is 10.3. The van der Waals surface area contributed by atoms with Crippen LogP contribution < -0.4 is 5.32 Å². The maximum Gasteiger partial charge on any atom is 0.228 e. The summed E-state index contributed by atoms with van der Waals surface area (Å²) in [6.45, 7) is 1.91. The lowest BCUT2D eigenvalue weighted by Crippen LogP contribution is -2.14. The van der Waals surface area contributed by atoms with Gasteiger partial charge in [-0.05, 0) is 31.9 Å². The van der Waals surface area contributed by atoms with Crippen molar-refractivity contribution in [3.05, 3.63) is 23.9 Å². The summed E-state index contributed by atoms with van der Waals surface area (Å²) in [4.78, 5) is 15.5. The quantitative estimate of drug-likeness (QED) is 0.745. The van der Waals surface area contributed by atoms with Gasteiger partial charge in [-0.15, -0.1) is 0 Å². The Bertz CT molecular complexity index is 331. The molecule has 2 rings (SSSR count). The van der Waals surface area contributed by atoms with Crippen LogP contribution in [0.5, 0.6) is 0 Å². The molecule has 1 fully saturated rings. The predicted octanol–water partition coefficient (Wildman–Crippen LogP) is 1.74. The highest BCUT2D eigenvalue weighted by molar-refractivity contribution is 5.93. The molecule has 0 aliphatic heterocycles. The minimum atomic E-state index is 0.109. The van der Waals surface area contributed by atoms with E-state index < -0.39 is 0 Å². The zero-order chi connectivity index (χ0) is 9.26. The maximum absolute atomic E-state index is 11.3. The van der Waals surface area contributed by atoms with Crippen molar-refractivity contribution in [1.29, 1.82) is 0 Å². The molecule has 1 saturated carbocycles. The van der Waals surface area contributed by atoms with Crippen LogP contribution >= 0.6 is 0 Å². The molecule has 0 unspecified atom stereocenters. The molecule has 1 aromatic rings. The van der Waals surface area contributed by atoms with Crippen LogP contribution in [0.1, 0.15) is 18.5 Å². The Labute approximate surface area is 77.2 Å². The SMILES string of the molecule is Cc1cccc(NC(=O)C2CC2)n1. The monoisotopic (exact) mass is 176 g/mol. The lowest BCUT2D eigenvalue weighted by Gasteiger charge is -2.02. The first-order chi connectivity index (χ1) is 6.25. The van der Waals surface area contributed by atoms with E-state index in [9.17, 15) is 4.79 Å². The van der Waals surface area contributed by atoms with Crippen LogP contribution in [0, 0.1) is 12.8 Å². The van der Waals surface area contributed by atoms with Gasteiger partial charge in [-0.25, -0.2) is 4.98 Å². The van der Waals surface area contributed by atoms with Crippen LogP contribution in [-0.4, -0.2) is 10.9 Å². The molecular formula is C10H12N2O. The van der Waals surface area contributed by atoms with Gasteiger partial charge >= 0.3 is 0 Å². The second kappa shape index (κ2) is 3.17. The van der Waals surface area contributed by atoms with E-state index in [1.807, 2.05) is 25.1 Å². The molecule has 1 aromatic heterocycles. The molecule has 0 atom stereocenters. The van der Waals surface area contributed by atoms with E-state index in [1.165, 1.54) is 0 Å². The van der Waals surface area contributed by atoms with Crippen LogP contribution in [0.25, 0.3) is 0 Å². The minimum Gasteiger partial charge on any atom is -0.310 e. The Morgan fingerprint density at radius 3 is 2.92 bits per heavy atom. The molecule has 68 valence electrons. The number of nitrogens with one attached hydrogen (secondary N) is 1. The molecule has 0 radical (unpaired) electrons. The molecule has 0 bridgehead atoms. The van der Waals surface area contributed by atoms with Gasteiger partial charge < -0.3 is 5.32 Å². The molecular weight excluding hydrogens is 164 g/mol. The molecule has 1 heterocycles. The standard InChI is InChI=1S/C10H12N2O/c1-7-3-2-4-9(11-7)12-10(13)8-5-6-8/h2-4,8H,5-6H2,1H3,(H,11,12,13). The molecule has 13 heavy (non-hydrogen) atoms. The number of nitrogens with zero attached hydrogens (tertiary/aromatic N) is 1. The molecule has 0 saturated heterocycles. The number of carbonyl (C=O) groups excluding carboxylic acids is 1. The molecule has 1 N–H and O–H groups in total. The zero-order valence-electron chi connectivity index (χ0n) is 7.58. The first kappa shape index (κ1) is 8.23. The summed E-state index contributed by atoms with van der Waals surface area (Å²) in [5.41, 5.74) is 0.925. The summed E-state index contributed by atoms with van der Waals surface area (Å²) in [6.07, 6.45) is 2.05. The molecule has 3 heteroatoms. The lowest BCUT2D eigenvalue weighted by molar-refractivity contribution is -0.117. The summed E-state index contributed by atoms with van der Waals surface area (Å²) in [5.74, 6) is 1.01. The average molecular weight is 176 g/mol. The largest absolute Gasteiger partial charge is 0.310 e. The van der Waals surface area contributed by atoms with Crippen molar-refractivity contribution in [2.24, 2.45) is 5.92 Å². The number of aryl methyl sites for hydroxylation is 1. The molecule has 1 amide bonds. The minimum absolute atomic E-state index is 0.109.